The van der Waals surface area contributed by atoms with E-state index in [-0.39, 0.29) is 6.10 Å². The van der Waals surface area contributed by atoms with E-state index >= 15 is 0 Å². The van der Waals surface area contributed by atoms with Gasteiger partial charge in [0.25, 0.3) is 0 Å². The van der Waals surface area contributed by atoms with Crippen molar-refractivity contribution in [3.05, 3.63) is 0 Å². The summed E-state index contributed by atoms with van der Waals surface area (Å²) in [6.45, 7) is 0.933. The van der Waals surface area contributed by atoms with Gasteiger partial charge in [-0.3, -0.25) is 0 Å². The molecular weight excluding hydrogens is 216 g/mol. The molecule has 0 radical (unpaired) electrons. The number of alkyl halides is 1. The Hall–Kier alpha value is 0.910. The summed E-state index contributed by atoms with van der Waals surface area (Å²) in [6, 6.07) is 0. The lowest BCUT2D eigenvalue weighted by Crippen LogP contribution is -2.11. The van der Waals surface area contributed by atoms with E-state index in [0.717, 1.165) is 23.2 Å². The van der Waals surface area contributed by atoms with Crippen LogP contribution in [0, 0.1) is 0 Å². The summed E-state index contributed by atoms with van der Waals surface area (Å²) >= 11 is 9.02. The van der Waals surface area contributed by atoms with E-state index < -0.39 is 0 Å². The lowest BCUT2D eigenvalue weighted by Gasteiger charge is -2.04. The van der Waals surface area contributed by atoms with Crippen LogP contribution >= 0.6 is 35.1 Å². The van der Waals surface area contributed by atoms with Crippen molar-refractivity contribution in [2.75, 3.05) is 29.1 Å². The number of ether oxygens (including phenoxy) is 1. The highest BCUT2D eigenvalue weighted by molar-refractivity contribution is 8.16. The van der Waals surface area contributed by atoms with Gasteiger partial charge in [-0.05, 0) is 0 Å². The van der Waals surface area contributed by atoms with E-state index in [2.05, 4.69) is 0 Å². The molecule has 2 unspecified atom stereocenters. The van der Waals surface area contributed by atoms with Crippen molar-refractivity contribution in [2.45, 2.75) is 12.2 Å². The minimum absolute atomic E-state index is 0.337. The Balaban J connectivity index is 1.75. The Morgan fingerprint density at radius 2 is 2.33 bits per heavy atom. The predicted molar refractivity (Wildman–Crippen MR) is 56.2 cm³/mol. The third-order valence-electron chi connectivity index (χ3n) is 1.36. The van der Waals surface area contributed by atoms with Gasteiger partial charge in [0.2, 0.25) is 0 Å². The summed E-state index contributed by atoms with van der Waals surface area (Å²) in [6.07, 6.45) is 0.156. The molecule has 0 bridgehead atoms. The molecule has 0 amide bonds. The van der Waals surface area contributed by atoms with Crippen LogP contribution in [-0.4, -0.2) is 46.4 Å². The lowest BCUT2D eigenvalue weighted by atomic mass is 10.5. The second kappa shape index (κ2) is 6.38. The number of hydrogen-bond acceptors (Lipinski definition) is 4. The maximum absolute atomic E-state index is 9.09. The largest absolute Gasteiger partial charge is 0.391 e. The molecule has 2 atom stereocenters. The van der Waals surface area contributed by atoms with Gasteiger partial charge in [0.05, 0.1) is 18.8 Å². The first-order valence-corrected chi connectivity index (χ1v) is 6.68. The molecule has 0 aromatic heterocycles. The average molecular weight is 229 g/mol. The van der Waals surface area contributed by atoms with Crippen molar-refractivity contribution in [1.29, 1.82) is 0 Å². The van der Waals surface area contributed by atoms with E-state index in [0.29, 0.717) is 12.0 Å². The Kier molecular flexibility index (Phi) is 5.84. The van der Waals surface area contributed by atoms with Gasteiger partial charge >= 0.3 is 0 Å². The molecular formula is C7H13ClO2S2. The van der Waals surface area contributed by atoms with E-state index in [1.165, 1.54) is 0 Å². The molecule has 0 aliphatic carbocycles. The van der Waals surface area contributed by atoms with E-state index in [9.17, 15) is 0 Å². The van der Waals surface area contributed by atoms with Crippen LogP contribution < -0.4 is 0 Å². The molecule has 12 heavy (non-hydrogen) atoms. The molecule has 0 saturated carbocycles. The van der Waals surface area contributed by atoms with Crippen LogP contribution in [0.25, 0.3) is 0 Å². The number of hydrogen-bond donors (Lipinski definition) is 1. The molecule has 72 valence electrons. The smallest absolute Gasteiger partial charge is 0.0900 e. The topological polar surface area (TPSA) is 32.8 Å². The number of aliphatic hydroxyl groups is 1. The van der Waals surface area contributed by atoms with Gasteiger partial charge in [-0.25, -0.2) is 0 Å². The van der Waals surface area contributed by atoms with Gasteiger partial charge in [-0.15, -0.1) is 35.1 Å². The fourth-order valence-electron chi connectivity index (χ4n) is 0.631. The van der Waals surface area contributed by atoms with Crippen LogP contribution in [0.4, 0.5) is 0 Å². The van der Waals surface area contributed by atoms with Crippen LogP contribution in [-0.2, 0) is 4.74 Å². The Morgan fingerprint density at radius 1 is 1.58 bits per heavy atom. The minimum atomic E-state index is -0.352. The van der Waals surface area contributed by atoms with Gasteiger partial charge in [0, 0.05) is 22.5 Å². The normalized spacial score (nSPS) is 24.0. The van der Waals surface area contributed by atoms with Crippen LogP contribution in [0.3, 0.4) is 0 Å². The fraction of sp³-hybridized carbons (Fsp3) is 1.00. The van der Waals surface area contributed by atoms with Crippen LogP contribution in [0.1, 0.15) is 0 Å². The Morgan fingerprint density at radius 3 is 2.92 bits per heavy atom. The summed E-state index contributed by atoms with van der Waals surface area (Å²) in [4.78, 5) is 0. The lowest BCUT2D eigenvalue weighted by molar-refractivity contribution is 0.224. The first kappa shape index (κ1) is 11.0. The van der Waals surface area contributed by atoms with Gasteiger partial charge in [-0.1, -0.05) is 0 Å². The fourth-order valence-corrected chi connectivity index (χ4v) is 2.96. The van der Waals surface area contributed by atoms with E-state index in [4.69, 9.17) is 21.4 Å². The highest BCUT2D eigenvalue weighted by atomic mass is 35.5. The highest BCUT2D eigenvalue weighted by Crippen LogP contribution is 2.20. The number of epoxide rings is 1. The first-order valence-electron chi connectivity index (χ1n) is 3.84. The summed E-state index contributed by atoms with van der Waals surface area (Å²) in [5, 5.41) is 10.1. The zero-order valence-corrected chi connectivity index (χ0v) is 9.13. The van der Waals surface area contributed by atoms with Crippen molar-refractivity contribution in [1.82, 2.24) is 0 Å². The monoisotopic (exact) mass is 228 g/mol. The van der Waals surface area contributed by atoms with E-state index in [1.807, 2.05) is 11.8 Å². The molecule has 1 heterocycles. The van der Waals surface area contributed by atoms with E-state index in [1.54, 1.807) is 11.8 Å². The summed E-state index contributed by atoms with van der Waals surface area (Å²) < 4.78 is 5.06. The van der Waals surface area contributed by atoms with Crippen molar-refractivity contribution >= 4 is 35.1 Å². The van der Waals surface area contributed by atoms with Gasteiger partial charge in [0.15, 0.2) is 0 Å². The Bertz CT molecular complexity index is 122. The van der Waals surface area contributed by atoms with Crippen LogP contribution in [0.15, 0.2) is 0 Å². The molecule has 1 rings (SSSR count). The van der Waals surface area contributed by atoms with Crippen LogP contribution in [0.2, 0.25) is 0 Å². The number of thioether (sulfide) groups is 2. The summed E-state index contributed by atoms with van der Waals surface area (Å²) in [7, 11) is 0. The Labute approximate surface area is 86.4 Å². The summed E-state index contributed by atoms with van der Waals surface area (Å²) in [5.41, 5.74) is 0. The summed E-state index contributed by atoms with van der Waals surface area (Å²) in [5.74, 6) is 2.16. The minimum Gasteiger partial charge on any atom is -0.391 e. The molecule has 1 saturated heterocycles. The highest BCUT2D eigenvalue weighted by Gasteiger charge is 2.21. The molecule has 1 N–H and O–H groups in total. The van der Waals surface area contributed by atoms with Gasteiger partial charge in [-0.2, -0.15) is 0 Å². The zero-order valence-electron chi connectivity index (χ0n) is 6.74. The zero-order chi connectivity index (χ0) is 8.81. The number of halogens is 1. The van der Waals surface area contributed by atoms with Crippen molar-refractivity contribution in [2.24, 2.45) is 0 Å². The third-order valence-corrected chi connectivity index (χ3v) is 4.28. The molecule has 1 aliphatic heterocycles. The molecule has 0 aromatic rings. The van der Waals surface area contributed by atoms with Crippen molar-refractivity contribution < 1.29 is 9.84 Å². The molecule has 5 heteroatoms. The van der Waals surface area contributed by atoms with Crippen molar-refractivity contribution in [3.8, 4) is 0 Å². The molecule has 1 fully saturated rings. The molecule has 0 aromatic carbocycles. The second-order valence-electron chi connectivity index (χ2n) is 2.62. The van der Waals surface area contributed by atoms with Crippen LogP contribution in [0.5, 0.6) is 0 Å². The molecule has 2 nitrogen and oxygen atoms in total. The van der Waals surface area contributed by atoms with Crippen molar-refractivity contribution in [3.63, 3.8) is 0 Å². The molecule has 1 aliphatic rings. The standard InChI is InChI=1S/C7H13ClO2S2/c8-1-6(9)3-11-5-12-4-7-2-10-7/h6-7,9H,1-5H2. The van der Waals surface area contributed by atoms with Gasteiger partial charge < -0.3 is 9.84 Å². The number of aliphatic hydroxyl groups excluding tert-OH is 1. The molecule has 0 spiro atoms. The quantitative estimate of drug-likeness (QED) is 0.309. The number of rotatable bonds is 7. The van der Waals surface area contributed by atoms with Gasteiger partial charge in [0.1, 0.15) is 0 Å². The second-order valence-corrected chi connectivity index (χ2v) is 5.36. The first-order chi connectivity index (χ1) is 5.83. The third kappa shape index (κ3) is 5.54. The maximum atomic E-state index is 9.09. The predicted octanol–water partition coefficient (Wildman–Crippen LogP) is 1.41. The SMILES string of the molecule is OC(CCl)CSCSCC1CO1. The maximum Gasteiger partial charge on any atom is 0.0900 e. The average Bonchev–Trinajstić information content (AvgIpc) is 2.87.